The zero-order chi connectivity index (χ0) is 19.0. The molecular formula is C20H13F3N2O2. The van der Waals surface area contributed by atoms with Crippen molar-refractivity contribution in [3.05, 3.63) is 89.5 Å². The van der Waals surface area contributed by atoms with Gasteiger partial charge in [-0.3, -0.25) is 9.78 Å². The molecular weight excluding hydrogens is 357 g/mol. The highest BCUT2D eigenvalue weighted by atomic mass is 19.4. The van der Waals surface area contributed by atoms with Crippen LogP contribution in [0.3, 0.4) is 0 Å². The van der Waals surface area contributed by atoms with E-state index in [9.17, 15) is 18.0 Å². The van der Waals surface area contributed by atoms with E-state index in [1.807, 2.05) is 10.6 Å². The molecule has 1 aliphatic heterocycles. The van der Waals surface area contributed by atoms with Crippen LogP contribution in [0, 0.1) is 0 Å². The number of hydrogen-bond acceptors (Lipinski definition) is 3. The minimum absolute atomic E-state index is 0.121. The molecule has 1 aromatic carbocycles. The molecule has 0 fully saturated rings. The fourth-order valence-electron chi connectivity index (χ4n) is 3.21. The predicted molar refractivity (Wildman–Crippen MR) is 92.2 cm³/mol. The quantitative estimate of drug-likeness (QED) is 0.631. The highest BCUT2D eigenvalue weighted by Gasteiger charge is 2.35. The molecule has 7 heteroatoms. The largest absolute Gasteiger partial charge is 0.573 e. The maximum atomic E-state index is 12.8. The minimum Gasteiger partial charge on any atom is -0.406 e. The van der Waals surface area contributed by atoms with Gasteiger partial charge in [-0.2, -0.15) is 0 Å². The molecule has 4 nitrogen and oxygen atoms in total. The molecule has 0 saturated heterocycles. The summed E-state index contributed by atoms with van der Waals surface area (Å²) < 4.78 is 42.8. The molecule has 0 radical (unpaired) electrons. The molecule has 0 saturated carbocycles. The fourth-order valence-corrected chi connectivity index (χ4v) is 3.21. The van der Waals surface area contributed by atoms with Crippen molar-refractivity contribution in [2.45, 2.75) is 12.4 Å². The first kappa shape index (κ1) is 17.1. The molecule has 0 amide bonds. The third-order valence-corrected chi connectivity index (χ3v) is 4.28. The van der Waals surface area contributed by atoms with Gasteiger partial charge in [0.2, 0.25) is 5.78 Å². The lowest BCUT2D eigenvalue weighted by Crippen LogP contribution is -2.17. The molecule has 2 aromatic heterocycles. The van der Waals surface area contributed by atoms with Crippen molar-refractivity contribution >= 4 is 11.9 Å². The first-order valence-corrected chi connectivity index (χ1v) is 8.11. The molecule has 27 heavy (non-hydrogen) atoms. The van der Waals surface area contributed by atoms with E-state index in [2.05, 4.69) is 9.72 Å². The Labute approximate surface area is 152 Å². The fraction of sp³-hybridized carbons (Fsp3) is 0.100. The van der Waals surface area contributed by atoms with E-state index in [1.165, 1.54) is 24.3 Å². The minimum atomic E-state index is -4.75. The zero-order valence-electron chi connectivity index (χ0n) is 13.9. The number of ketones is 1. The van der Waals surface area contributed by atoms with Crippen molar-refractivity contribution in [1.29, 1.82) is 0 Å². The maximum absolute atomic E-state index is 12.8. The summed E-state index contributed by atoms with van der Waals surface area (Å²) in [5, 5.41) is 0. The standard InChI is InChI=1S/C20H13F3N2O2/c21-20(22,23)27-15-7-5-14(6-8-15)18-16(11-13-3-1-9-24-12-13)19(26)17-4-2-10-25(17)18/h1-12,18H/b16-11-. The number of carbonyl (C=O) groups excluding carboxylic acids is 1. The maximum Gasteiger partial charge on any atom is 0.573 e. The lowest BCUT2D eigenvalue weighted by molar-refractivity contribution is -0.274. The van der Waals surface area contributed by atoms with Gasteiger partial charge >= 0.3 is 6.36 Å². The van der Waals surface area contributed by atoms with Gasteiger partial charge in [-0.05, 0) is 47.5 Å². The van der Waals surface area contributed by atoms with Gasteiger partial charge in [0.1, 0.15) is 5.75 Å². The van der Waals surface area contributed by atoms with Crippen LogP contribution in [0.5, 0.6) is 5.75 Å². The molecule has 0 N–H and O–H groups in total. The highest BCUT2D eigenvalue weighted by Crippen LogP contribution is 2.38. The second-order valence-corrected chi connectivity index (χ2v) is 6.04. The van der Waals surface area contributed by atoms with Crippen LogP contribution in [-0.4, -0.2) is 21.7 Å². The number of benzene rings is 1. The molecule has 3 heterocycles. The summed E-state index contributed by atoms with van der Waals surface area (Å²) in [7, 11) is 0. The molecule has 4 rings (SSSR count). The number of carbonyl (C=O) groups is 1. The number of fused-ring (bicyclic) bond motifs is 1. The Kier molecular flexibility index (Phi) is 4.07. The van der Waals surface area contributed by atoms with Gasteiger partial charge in [0.15, 0.2) is 0 Å². The van der Waals surface area contributed by atoms with Crippen LogP contribution in [0.4, 0.5) is 13.2 Å². The van der Waals surface area contributed by atoms with Crippen molar-refractivity contribution in [2.24, 2.45) is 0 Å². The smallest absolute Gasteiger partial charge is 0.406 e. The van der Waals surface area contributed by atoms with Gasteiger partial charge in [-0.15, -0.1) is 13.2 Å². The van der Waals surface area contributed by atoms with E-state index >= 15 is 0 Å². The monoisotopic (exact) mass is 370 g/mol. The molecule has 0 bridgehead atoms. The van der Waals surface area contributed by atoms with E-state index in [-0.39, 0.29) is 11.5 Å². The summed E-state index contributed by atoms with van der Waals surface area (Å²) in [4.78, 5) is 16.9. The first-order valence-electron chi connectivity index (χ1n) is 8.11. The van der Waals surface area contributed by atoms with Crippen LogP contribution in [-0.2, 0) is 0 Å². The Bertz CT molecular complexity index is 1010. The molecule has 0 aliphatic carbocycles. The average Bonchev–Trinajstić information content (AvgIpc) is 3.19. The second-order valence-electron chi connectivity index (χ2n) is 6.04. The Balaban J connectivity index is 1.74. The third kappa shape index (κ3) is 3.36. The Morgan fingerprint density at radius 1 is 1.07 bits per heavy atom. The molecule has 0 spiro atoms. The Morgan fingerprint density at radius 3 is 2.52 bits per heavy atom. The van der Waals surface area contributed by atoms with E-state index in [1.54, 1.807) is 42.9 Å². The number of Topliss-reactive ketones (excluding diaryl/α,β-unsaturated/α-hetero) is 1. The lowest BCUT2D eigenvalue weighted by atomic mass is 9.96. The molecule has 3 aromatic rings. The van der Waals surface area contributed by atoms with E-state index in [0.717, 1.165) is 5.56 Å². The predicted octanol–water partition coefficient (Wildman–Crippen LogP) is 4.65. The first-order chi connectivity index (χ1) is 12.9. The molecule has 1 atom stereocenters. The van der Waals surface area contributed by atoms with Gasteiger partial charge in [0.25, 0.3) is 0 Å². The van der Waals surface area contributed by atoms with Crippen molar-refractivity contribution in [3.63, 3.8) is 0 Å². The van der Waals surface area contributed by atoms with Gasteiger partial charge < -0.3 is 9.30 Å². The molecule has 136 valence electrons. The van der Waals surface area contributed by atoms with Crippen molar-refractivity contribution in [1.82, 2.24) is 9.55 Å². The number of allylic oxidation sites excluding steroid dienone is 1. The van der Waals surface area contributed by atoms with Gasteiger partial charge in [0, 0.05) is 24.2 Å². The normalized spacial score (nSPS) is 18.0. The van der Waals surface area contributed by atoms with Crippen LogP contribution in [0.15, 0.2) is 72.7 Å². The SMILES string of the molecule is O=C1/C(=C\c2cccnc2)C(c2ccc(OC(F)(F)F)cc2)n2cccc21. The van der Waals surface area contributed by atoms with E-state index in [0.29, 0.717) is 16.8 Å². The third-order valence-electron chi connectivity index (χ3n) is 4.28. The van der Waals surface area contributed by atoms with Crippen LogP contribution < -0.4 is 4.74 Å². The number of nitrogens with zero attached hydrogens (tertiary/aromatic N) is 2. The number of pyridine rings is 1. The van der Waals surface area contributed by atoms with Gasteiger partial charge in [-0.25, -0.2) is 0 Å². The topological polar surface area (TPSA) is 44.1 Å². The lowest BCUT2D eigenvalue weighted by Gasteiger charge is -2.16. The number of hydrogen-bond donors (Lipinski definition) is 0. The van der Waals surface area contributed by atoms with Gasteiger partial charge in [0.05, 0.1) is 11.7 Å². The summed E-state index contributed by atoms with van der Waals surface area (Å²) in [5.41, 5.74) is 2.52. The Morgan fingerprint density at radius 2 is 1.85 bits per heavy atom. The van der Waals surface area contributed by atoms with E-state index < -0.39 is 12.4 Å². The van der Waals surface area contributed by atoms with Crippen molar-refractivity contribution in [3.8, 4) is 5.75 Å². The number of ether oxygens (including phenoxy) is 1. The van der Waals surface area contributed by atoms with Crippen molar-refractivity contribution in [2.75, 3.05) is 0 Å². The number of rotatable bonds is 3. The summed E-state index contributed by atoms with van der Waals surface area (Å²) in [6.07, 6.45) is 2.07. The second kappa shape index (κ2) is 6.42. The molecule has 1 aliphatic rings. The Hall–Kier alpha value is -3.35. The summed E-state index contributed by atoms with van der Waals surface area (Å²) in [6, 6.07) is 12.2. The zero-order valence-corrected chi connectivity index (χ0v) is 13.9. The number of aromatic nitrogens is 2. The van der Waals surface area contributed by atoms with Crippen LogP contribution in [0.1, 0.15) is 27.7 Å². The van der Waals surface area contributed by atoms with Crippen molar-refractivity contribution < 1.29 is 22.7 Å². The van der Waals surface area contributed by atoms with Crippen LogP contribution in [0.2, 0.25) is 0 Å². The number of alkyl halides is 3. The van der Waals surface area contributed by atoms with E-state index in [4.69, 9.17) is 0 Å². The van der Waals surface area contributed by atoms with Crippen LogP contribution >= 0.6 is 0 Å². The highest BCUT2D eigenvalue weighted by molar-refractivity contribution is 6.13. The number of halogens is 3. The summed E-state index contributed by atoms with van der Waals surface area (Å²) >= 11 is 0. The summed E-state index contributed by atoms with van der Waals surface area (Å²) in [6.45, 7) is 0. The molecule has 1 unspecified atom stereocenters. The van der Waals surface area contributed by atoms with Crippen LogP contribution in [0.25, 0.3) is 6.08 Å². The van der Waals surface area contributed by atoms with Gasteiger partial charge in [-0.1, -0.05) is 18.2 Å². The average molecular weight is 370 g/mol. The summed E-state index contributed by atoms with van der Waals surface area (Å²) in [5.74, 6) is -0.425.